The highest BCUT2D eigenvalue weighted by molar-refractivity contribution is 8.00. The quantitative estimate of drug-likeness (QED) is 0.668. The molecule has 2 amide bonds. The van der Waals surface area contributed by atoms with E-state index in [1.54, 1.807) is 0 Å². The van der Waals surface area contributed by atoms with Crippen molar-refractivity contribution in [3.8, 4) is 0 Å². The van der Waals surface area contributed by atoms with Crippen molar-refractivity contribution in [1.29, 1.82) is 0 Å². The van der Waals surface area contributed by atoms with Gasteiger partial charge < -0.3 is 16.4 Å². The topological polar surface area (TPSA) is 84.2 Å². The van der Waals surface area contributed by atoms with Crippen molar-refractivity contribution in [3.63, 3.8) is 0 Å². The van der Waals surface area contributed by atoms with Gasteiger partial charge in [-0.3, -0.25) is 9.59 Å². The summed E-state index contributed by atoms with van der Waals surface area (Å²) in [5.41, 5.74) is 6.04. The molecule has 6 heteroatoms. The third-order valence-corrected chi connectivity index (χ3v) is 5.25. The summed E-state index contributed by atoms with van der Waals surface area (Å²) in [7, 11) is 0. The minimum Gasteiger partial charge on any atom is -0.375 e. The van der Waals surface area contributed by atoms with Crippen LogP contribution in [0.4, 0.5) is 5.69 Å². The van der Waals surface area contributed by atoms with Crippen molar-refractivity contribution in [2.75, 3.05) is 17.6 Å². The lowest BCUT2D eigenvalue weighted by molar-refractivity contribution is -0.120. The van der Waals surface area contributed by atoms with E-state index < -0.39 is 0 Å². The molecule has 23 heavy (non-hydrogen) atoms. The predicted octanol–water partition coefficient (Wildman–Crippen LogP) is 2.37. The smallest absolute Gasteiger partial charge is 0.239 e. The summed E-state index contributed by atoms with van der Waals surface area (Å²) in [5, 5.41) is 6.28. The van der Waals surface area contributed by atoms with Gasteiger partial charge >= 0.3 is 0 Å². The van der Waals surface area contributed by atoms with Gasteiger partial charge in [0.15, 0.2) is 0 Å². The molecule has 1 aromatic rings. The summed E-state index contributed by atoms with van der Waals surface area (Å²) in [6.45, 7) is 2.44. The first-order chi connectivity index (χ1) is 11.1. The standard InChI is InChI=1S/C17H25N3O2S/c1-12-6-2-3-7-13(12)20-17(22)10-19-14-8-4-5-9-15(14)23-11-16(18)21/h4-5,8-9,12-13,19H,2-3,6-7,10-11H2,1H3,(H2,18,21)(H,20,22). The van der Waals surface area contributed by atoms with Crippen LogP contribution in [0.1, 0.15) is 32.6 Å². The molecule has 4 N–H and O–H groups in total. The van der Waals surface area contributed by atoms with E-state index >= 15 is 0 Å². The first-order valence-corrected chi connectivity index (χ1v) is 9.08. The Balaban J connectivity index is 1.85. The molecule has 0 bridgehead atoms. The van der Waals surface area contributed by atoms with E-state index in [-0.39, 0.29) is 30.2 Å². The normalized spacial score (nSPS) is 20.7. The molecule has 0 radical (unpaired) electrons. The fraction of sp³-hybridized carbons (Fsp3) is 0.529. The van der Waals surface area contributed by atoms with Crippen molar-refractivity contribution >= 4 is 29.3 Å². The number of para-hydroxylation sites is 1. The fourth-order valence-corrected chi connectivity index (χ4v) is 3.62. The number of nitrogens with two attached hydrogens (primary N) is 1. The van der Waals surface area contributed by atoms with Crippen LogP contribution in [0.25, 0.3) is 0 Å². The number of carbonyl (C=O) groups is 2. The van der Waals surface area contributed by atoms with Crippen molar-refractivity contribution in [2.45, 2.75) is 43.5 Å². The highest BCUT2D eigenvalue weighted by atomic mass is 32.2. The average molecular weight is 335 g/mol. The maximum Gasteiger partial charge on any atom is 0.239 e. The van der Waals surface area contributed by atoms with Crippen molar-refractivity contribution in [3.05, 3.63) is 24.3 Å². The van der Waals surface area contributed by atoms with E-state index in [0.717, 1.165) is 17.0 Å². The number of nitrogens with one attached hydrogen (secondary N) is 2. The van der Waals surface area contributed by atoms with E-state index in [0.29, 0.717) is 5.92 Å². The van der Waals surface area contributed by atoms with Gasteiger partial charge in [-0.15, -0.1) is 11.8 Å². The SMILES string of the molecule is CC1CCCCC1NC(=O)CNc1ccccc1SCC(N)=O. The number of benzene rings is 1. The van der Waals surface area contributed by atoms with Crippen LogP contribution in [0.5, 0.6) is 0 Å². The Morgan fingerprint density at radius 3 is 2.74 bits per heavy atom. The summed E-state index contributed by atoms with van der Waals surface area (Å²) in [6.07, 6.45) is 4.70. The second-order valence-electron chi connectivity index (χ2n) is 6.04. The molecular weight excluding hydrogens is 310 g/mol. The van der Waals surface area contributed by atoms with Gasteiger partial charge in [0.25, 0.3) is 0 Å². The fourth-order valence-electron chi connectivity index (χ4n) is 2.85. The van der Waals surface area contributed by atoms with Crippen LogP contribution in [0, 0.1) is 5.92 Å². The Morgan fingerprint density at radius 2 is 2.00 bits per heavy atom. The highest BCUT2D eigenvalue weighted by Crippen LogP contribution is 2.26. The van der Waals surface area contributed by atoms with Gasteiger partial charge in [0, 0.05) is 16.6 Å². The summed E-state index contributed by atoms with van der Waals surface area (Å²) in [6, 6.07) is 7.91. The third-order valence-electron chi connectivity index (χ3n) is 4.15. The number of amides is 2. The maximum atomic E-state index is 12.2. The molecule has 2 unspecified atom stereocenters. The molecule has 0 heterocycles. The van der Waals surface area contributed by atoms with Crippen LogP contribution < -0.4 is 16.4 Å². The van der Waals surface area contributed by atoms with Gasteiger partial charge in [-0.1, -0.05) is 31.9 Å². The minimum atomic E-state index is -0.353. The van der Waals surface area contributed by atoms with E-state index in [9.17, 15) is 9.59 Å². The Bertz CT molecular complexity index is 550. The van der Waals surface area contributed by atoms with Crippen LogP contribution in [0.2, 0.25) is 0 Å². The molecule has 0 aliphatic heterocycles. The Labute approximate surface area is 141 Å². The van der Waals surface area contributed by atoms with E-state index in [1.807, 2.05) is 24.3 Å². The molecule has 0 aromatic heterocycles. The van der Waals surface area contributed by atoms with Crippen LogP contribution in [0.3, 0.4) is 0 Å². The minimum absolute atomic E-state index is 0.0125. The Kier molecular flexibility index (Phi) is 6.77. The van der Waals surface area contributed by atoms with Crippen molar-refractivity contribution in [2.24, 2.45) is 11.7 Å². The molecule has 2 atom stereocenters. The van der Waals surface area contributed by atoms with Gasteiger partial charge in [-0.25, -0.2) is 0 Å². The first kappa shape index (κ1) is 17.7. The maximum absolute atomic E-state index is 12.2. The summed E-state index contributed by atoms with van der Waals surface area (Å²) >= 11 is 1.37. The lowest BCUT2D eigenvalue weighted by Crippen LogP contribution is -2.43. The second kappa shape index (κ2) is 8.82. The van der Waals surface area contributed by atoms with Crippen LogP contribution in [-0.4, -0.2) is 30.2 Å². The lowest BCUT2D eigenvalue weighted by Gasteiger charge is -2.29. The third kappa shape index (κ3) is 5.78. The second-order valence-corrected chi connectivity index (χ2v) is 7.06. The van der Waals surface area contributed by atoms with Gasteiger partial charge in [0.2, 0.25) is 11.8 Å². The summed E-state index contributed by atoms with van der Waals surface area (Å²) < 4.78 is 0. The number of hydrogen-bond donors (Lipinski definition) is 3. The zero-order valence-electron chi connectivity index (χ0n) is 13.5. The summed E-state index contributed by atoms with van der Waals surface area (Å²) in [4.78, 5) is 24.0. The van der Waals surface area contributed by atoms with E-state index in [4.69, 9.17) is 5.73 Å². The number of primary amides is 1. The molecule has 1 aliphatic rings. The molecule has 5 nitrogen and oxygen atoms in total. The summed E-state index contributed by atoms with van der Waals surface area (Å²) in [5.74, 6) is 0.434. The van der Waals surface area contributed by atoms with Gasteiger partial charge in [-0.2, -0.15) is 0 Å². The van der Waals surface area contributed by atoms with Crippen molar-refractivity contribution < 1.29 is 9.59 Å². The van der Waals surface area contributed by atoms with E-state index in [1.165, 1.54) is 31.0 Å². The molecule has 1 aromatic carbocycles. The predicted molar refractivity (Wildman–Crippen MR) is 94.4 cm³/mol. The molecule has 0 spiro atoms. The molecule has 2 rings (SSSR count). The van der Waals surface area contributed by atoms with Gasteiger partial charge in [0.05, 0.1) is 12.3 Å². The molecule has 126 valence electrons. The first-order valence-electron chi connectivity index (χ1n) is 8.09. The molecule has 1 fully saturated rings. The number of hydrogen-bond acceptors (Lipinski definition) is 4. The van der Waals surface area contributed by atoms with Gasteiger partial charge in [0.1, 0.15) is 0 Å². The number of carbonyl (C=O) groups excluding carboxylic acids is 2. The monoisotopic (exact) mass is 335 g/mol. The largest absolute Gasteiger partial charge is 0.375 e. The number of thioether (sulfide) groups is 1. The van der Waals surface area contributed by atoms with E-state index in [2.05, 4.69) is 17.6 Å². The average Bonchev–Trinajstić information content (AvgIpc) is 2.54. The zero-order chi connectivity index (χ0) is 16.7. The molecule has 0 saturated heterocycles. The van der Waals surface area contributed by atoms with Crippen LogP contribution in [-0.2, 0) is 9.59 Å². The molecular formula is C17H25N3O2S. The highest BCUT2D eigenvalue weighted by Gasteiger charge is 2.22. The van der Waals surface area contributed by atoms with Crippen LogP contribution >= 0.6 is 11.8 Å². The van der Waals surface area contributed by atoms with Gasteiger partial charge in [-0.05, 0) is 30.9 Å². The zero-order valence-corrected chi connectivity index (χ0v) is 14.3. The number of rotatable bonds is 7. The van der Waals surface area contributed by atoms with Crippen molar-refractivity contribution in [1.82, 2.24) is 5.32 Å². The molecule has 1 aliphatic carbocycles. The Hall–Kier alpha value is -1.69. The number of anilines is 1. The Morgan fingerprint density at radius 1 is 1.26 bits per heavy atom. The van der Waals surface area contributed by atoms with Crippen LogP contribution in [0.15, 0.2) is 29.2 Å². The molecule has 1 saturated carbocycles. The lowest BCUT2D eigenvalue weighted by atomic mass is 9.86.